The zero-order valence-corrected chi connectivity index (χ0v) is 16.5. The predicted octanol–water partition coefficient (Wildman–Crippen LogP) is 2.13. The van der Waals surface area contributed by atoms with Crippen LogP contribution in [0.15, 0.2) is 69.3 Å². The van der Waals surface area contributed by atoms with Crippen molar-refractivity contribution in [2.24, 2.45) is 5.10 Å². The first-order valence-corrected chi connectivity index (χ1v) is 9.72. The van der Waals surface area contributed by atoms with Crippen LogP contribution in [0.25, 0.3) is 0 Å². The summed E-state index contributed by atoms with van der Waals surface area (Å²) < 4.78 is 6.82. The molecule has 1 aliphatic rings. The smallest absolute Gasteiger partial charge is 0.331 e. The van der Waals surface area contributed by atoms with Crippen molar-refractivity contribution in [1.29, 1.82) is 0 Å². The van der Waals surface area contributed by atoms with Gasteiger partial charge in [0.05, 0.1) is 24.9 Å². The van der Waals surface area contributed by atoms with E-state index in [0.717, 1.165) is 21.4 Å². The van der Waals surface area contributed by atoms with E-state index in [1.165, 1.54) is 0 Å². The van der Waals surface area contributed by atoms with E-state index in [2.05, 4.69) is 15.5 Å². The Hall–Kier alpha value is -3.81. The lowest BCUT2D eigenvalue weighted by molar-refractivity contribution is 0.332. The Kier molecular flexibility index (Phi) is 5.38. The van der Waals surface area contributed by atoms with Crippen LogP contribution in [0.1, 0.15) is 36.1 Å². The third kappa shape index (κ3) is 3.71. The number of nitrogens with zero attached hydrogens (tertiary/aromatic N) is 2. The molecule has 3 aromatic rings. The fourth-order valence-corrected chi connectivity index (χ4v) is 3.57. The number of rotatable bonds is 6. The summed E-state index contributed by atoms with van der Waals surface area (Å²) in [5.74, 6) is 0.341. The average Bonchev–Trinajstić information content (AvgIpc) is 3.22. The summed E-state index contributed by atoms with van der Waals surface area (Å²) in [4.78, 5) is 27.1. The van der Waals surface area contributed by atoms with Crippen molar-refractivity contribution in [2.75, 3.05) is 6.61 Å². The highest BCUT2D eigenvalue weighted by molar-refractivity contribution is 6.03. The van der Waals surface area contributed by atoms with Gasteiger partial charge in [-0.1, -0.05) is 48.5 Å². The van der Waals surface area contributed by atoms with E-state index < -0.39 is 17.1 Å². The number of para-hydroxylation sites is 1. The van der Waals surface area contributed by atoms with Gasteiger partial charge < -0.3 is 15.3 Å². The number of benzene rings is 2. The molecule has 1 aromatic heterocycles. The zero-order valence-electron chi connectivity index (χ0n) is 16.5. The van der Waals surface area contributed by atoms with Crippen LogP contribution >= 0.6 is 0 Å². The maximum atomic E-state index is 12.5. The van der Waals surface area contributed by atoms with Crippen LogP contribution in [0.4, 0.5) is 0 Å². The standard InChI is InChI=1S/C22H22N4O4/c1-2-30-18-11-7-6-10-15(18)16-12-17(25-24-16)19-20(27)23-22(29)26(21(19)28)13-14-8-4-3-5-9-14/h3-11,16,24,28H,2,12-13H2,1H3,(H,23,27,29)/t16-/m0/s1. The second-order valence-corrected chi connectivity index (χ2v) is 6.94. The monoisotopic (exact) mass is 406 g/mol. The number of aromatic hydroxyl groups is 1. The van der Waals surface area contributed by atoms with Crippen molar-refractivity contribution >= 4 is 5.71 Å². The molecule has 1 atom stereocenters. The van der Waals surface area contributed by atoms with E-state index >= 15 is 0 Å². The van der Waals surface area contributed by atoms with Gasteiger partial charge in [0.25, 0.3) is 5.56 Å². The number of H-pyrrole nitrogens is 1. The highest BCUT2D eigenvalue weighted by Crippen LogP contribution is 2.32. The van der Waals surface area contributed by atoms with Gasteiger partial charge >= 0.3 is 5.69 Å². The second-order valence-electron chi connectivity index (χ2n) is 6.94. The summed E-state index contributed by atoms with van der Waals surface area (Å²) >= 11 is 0. The minimum atomic E-state index is -0.671. The maximum Gasteiger partial charge on any atom is 0.331 e. The van der Waals surface area contributed by atoms with Gasteiger partial charge in [-0.3, -0.25) is 14.3 Å². The number of aromatic amines is 1. The molecule has 4 rings (SSSR count). The average molecular weight is 406 g/mol. The Balaban J connectivity index is 1.66. The predicted molar refractivity (Wildman–Crippen MR) is 113 cm³/mol. The molecule has 0 saturated heterocycles. The molecule has 8 heteroatoms. The minimum absolute atomic E-state index is 0.00516. The molecule has 154 valence electrons. The van der Waals surface area contributed by atoms with Gasteiger partial charge in [-0.05, 0) is 18.6 Å². The molecule has 0 spiro atoms. The molecule has 3 N–H and O–H groups in total. The second kappa shape index (κ2) is 8.28. The van der Waals surface area contributed by atoms with Gasteiger partial charge in [0.15, 0.2) is 0 Å². The summed E-state index contributed by atoms with van der Waals surface area (Å²) in [6.07, 6.45) is 0.365. The molecule has 0 amide bonds. The van der Waals surface area contributed by atoms with Crippen LogP contribution in [0.5, 0.6) is 11.6 Å². The van der Waals surface area contributed by atoms with E-state index in [-0.39, 0.29) is 18.2 Å². The molecule has 0 fully saturated rings. The molecule has 1 aliphatic heterocycles. The third-order valence-corrected chi connectivity index (χ3v) is 4.99. The van der Waals surface area contributed by atoms with E-state index in [9.17, 15) is 14.7 Å². The lowest BCUT2D eigenvalue weighted by Gasteiger charge is -2.15. The van der Waals surface area contributed by atoms with Gasteiger partial charge in [0.2, 0.25) is 5.88 Å². The molecule has 0 saturated carbocycles. The third-order valence-electron chi connectivity index (χ3n) is 4.99. The molecule has 2 aromatic carbocycles. The molecule has 0 aliphatic carbocycles. The maximum absolute atomic E-state index is 12.5. The van der Waals surface area contributed by atoms with Gasteiger partial charge in [-0.2, -0.15) is 5.10 Å². The number of ether oxygens (including phenoxy) is 1. The molecule has 0 unspecified atom stereocenters. The Morgan fingerprint density at radius 3 is 2.63 bits per heavy atom. The Bertz CT molecular complexity index is 1200. The van der Waals surface area contributed by atoms with Gasteiger partial charge in [-0.15, -0.1) is 0 Å². The molecule has 0 radical (unpaired) electrons. The van der Waals surface area contributed by atoms with Crippen LogP contribution in [0.3, 0.4) is 0 Å². The summed E-state index contributed by atoms with van der Waals surface area (Å²) in [6, 6.07) is 16.6. The minimum Gasteiger partial charge on any atom is -0.494 e. The number of aromatic nitrogens is 2. The van der Waals surface area contributed by atoms with Gasteiger partial charge in [0, 0.05) is 12.0 Å². The first-order chi connectivity index (χ1) is 14.6. The molecule has 0 bridgehead atoms. The lowest BCUT2D eigenvalue weighted by atomic mass is 9.99. The van der Waals surface area contributed by atoms with E-state index in [1.807, 2.05) is 61.5 Å². The Labute approximate surface area is 172 Å². The summed E-state index contributed by atoms with van der Waals surface area (Å²) in [5.41, 5.74) is 3.79. The van der Waals surface area contributed by atoms with Crippen LogP contribution in [-0.4, -0.2) is 27.0 Å². The molecular formula is C22H22N4O4. The van der Waals surface area contributed by atoms with Crippen LogP contribution in [-0.2, 0) is 6.54 Å². The van der Waals surface area contributed by atoms with Crippen molar-refractivity contribution in [3.63, 3.8) is 0 Å². The number of hydrogen-bond donors (Lipinski definition) is 3. The highest BCUT2D eigenvalue weighted by Gasteiger charge is 2.28. The molecular weight excluding hydrogens is 384 g/mol. The van der Waals surface area contributed by atoms with Crippen molar-refractivity contribution in [1.82, 2.24) is 15.0 Å². The lowest BCUT2D eigenvalue weighted by Crippen LogP contribution is -2.34. The van der Waals surface area contributed by atoms with Crippen molar-refractivity contribution in [3.05, 3.63) is 92.1 Å². The normalized spacial score (nSPS) is 15.5. The van der Waals surface area contributed by atoms with Crippen LogP contribution in [0.2, 0.25) is 0 Å². The highest BCUT2D eigenvalue weighted by atomic mass is 16.5. The molecule has 2 heterocycles. The first kappa shape index (κ1) is 19.5. The quantitative estimate of drug-likeness (QED) is 0.581. The van der Waals surface area contributed by atoms with Crippen LogP contribution < -0.4 is 21.4 Å². The van der Waals surface area contributed by atoms with E-state index in [1.54, 1.807) is 0 Å². The summed E-state index contributed by atoms with van der Waals surface area (Å²) in [7, 11) is 0. The van der Waals surface area contributed by atoms with Gasteiger partial charge in [0.1, 0.15) is 11.3 Å². The summed E-state index contributed by atoms with van der Waals surface area (Å²) in [5, 5.41) is 15.1. The van der Waals surface area contributed by atoms with E-state index in [4.69, 9.17) is 4.74 Å². The Morgan fingerprint density at radius 1 is 1.13 bits per heavy atom. The van der Waals surface area contributed by atoms with Crippen molar-refractivity contribution in [2.45, 2.75) is 25.9 Å². The summed E-state index contributed by atoms with van der Waals surface area (Å²) in [6.45, 7) is 2.57. The van der Waals surface area contributed by atoms with Gasteiger partial charge in [-0.25, -0.2) is 4.79 Å². The Morgan fingerprint density at radius 2 is 1.87 bits per heavy atom. The fourth-order valence-electron chi connectivity index (χ4n) is 3.57. The molecule has 8 nitrogen and oxygen atoms in total. The fraction of sp³-hybridized carbons (Fsp3) is 0.227. The zero-order chi connectivity index (χ0) is 21.1. The SMILES string of the molecule is CCOc1ccccc1[C@@H]1CC(c2c(O)n(Cc3ccccc3)c(=O)[nH]c2=O)=NN1. The van der Waals surface area contributed by atoms with Crippen molar-refractivity contribution < 1.29 is 9.84 Å². The molecule has 30 heavy (non-hydrogen) atoms. The number of hydrazone groups is 1. The largest absolute Gasteiger partial charge is 0.494 e. The topological polar surface area (TPSA) is 109 Å². The first-order valence-electron chi connectivity index (χ1n) is 9.72. The van der Waals surface area contributed by atoms with E-state index in [0.29, 0.717) is 18.7 Å². The number of hydrogen-bond acceptors (Lipinski definition) is 6. The number of nitrogens with one attached hydrogen (secondary N) is 2. The van der Waals surface area contributed by atoms with Crippen molar-refractivity contribution in [3.8, 4) is 11.6 Å². The van der Waals surface area contributed by atoms with Crippen LogP contribution in [0, 0.1) is 0 Å².